The molecule has 0 saturated heterocycles. The van der Waals surface area contributed by atoms with Crippen molar-refractivity contribution in [3.63, 3.8) is 0 Å². The zero-order valence-electron chi connectivity index (χ0n) is 4.07. The first-order chi connectivity index (χ1) is 2.88. The molecule has 0 spiro atoms. The maximum absolute atomic E-state index is 2.33. The second-order valence-corrected chi connectivity index (χ2v) is 2.61. The van der Waals surface area contributed by atoms with Gasteiger partial charge in [0, 0.05) is 0 Å². The molecule has 2 saturated carbocycles. The maximum atomic E-state index is 2.33. The van der Waals surface area contributed by atoms with Crippen molar-refractivity contribution in [2.75, 3.05) is 0 Å². The van der Waals surface area contributed by atoms with Crippen LogP contribution in [0.25, 0.3) is 0 Å². The van der Waals surface area contributed by atoms with Gasteiger partial charge in [0.2, 0.25) is 0 Å². The second kappa shape index (κ2) is 0.661. The Bertz CT molecular complexity index is 76.1. The Labute approximate surface area is 38.6 Å². The van der Waals surface area contributed by atoms with Crippen molar-refractivity contribution in [1.82, 2.24) is 0 Å². The Morgan fingerprint density at radius 1 is 1.67 bits per heavy atom. The molecule has 2 fully saturated rings. The first-order valence-corrected chi connectivity index (χ1v) is 2.73. The molecule has 6 heavy (non-hydrogen) atoms. The van der Waals surface area contributed by atoms with Gasteiger partial charge in [-0.05, 0) is 0 Å². The molecule has 0 nitrogen and oxygen atoms in total. The number of hydrogen-bond acceptors (Lipinski definition) is 0. The van der Waals surface area contributed by atoms with Gasteiger partial charge in [0.25, 0.3) is 0 Å². The van der Waals surface area contributed by atoms with Crippen molar-refractivity contribution in [2.24, 2.45) is 11.8 Å². The van der Waals surface area contributed by atoms with Crippen LogP contribution < -0.4 is 0 Å². The van der Waals surface area contributed by atoms with E-state index in [1.807, 2.05) is 5.92 Å². The van der Waals surface area contributed by atoms with Gasteiger partial charge in [0.15, 0.2) is 0 Å². The SMILES string of the molecule is CC1CC2C[C-]12. The van der Waals surface area contributed by atoms with E-state index in [0.29, 0.717) is 0 Å². The van der Waals surface area contributed by atoms with E-state index in [2.05, 4.69) is 6.92 Å². The highest BCUT2D eigenvalue weighted by Crippen LogP contribution is 2.61. The van der Waals surface area contributed by atoms with Gasteiger partial charge in [-0.25, -0.2) is 6.42 Å². The molecule has 2 aliphatic carbocycles. The first kappa shape index (κ1) is 3.06. The van der Waals surface area contributed by atoms with Gasteiger partial charge in [-0.2, -0.15) is 11.8 Å². The summed E-state index contributed by atoms with van der Waals surface area (Å²) < 4.78 is 0. The van der Waals surface area contributed by atoms with Crippen LogP contribution in [0.15, 0.2) is 0 Å². The lowest BCUT2D eigenvalue weighted by Gasteiger charge is -2.32. The molecule has 0 bridgehead atoms. The average molecular weight is 81.1 g/mol. The van der Waals surface area contributed by atoms with Gasteiger partial charge in [0.05, 0.1) is 0 Å². The van der Waals surface area contributed by atoms with Crippen LogP contribution >= 0.6 is 0 Å². The molecule has 2 unspecified atom stereocenters. The fraction of sp³-hybridized carbons (Fsp3) is 0.833. The molecule has 0 radical (unpaired) electrons. The predicted molar refractivity (Wildman–Crippen MR) is 25.1 cm³/mol. The number of hydrogen-bond donors (Lipinski definition) is 0. The fourth-order valence-corrected chi connectivity index (χ4v) is 1.48. The summed E-state index contributed by atoms with van der Waals surface area (Å²) in [4.78, 5) is 0. The minimum Gasteiger partial charge on any atom is -0.313 e. The summed E-state index contributed by atoms with van der Waals surface area (Å²) in [5, 5.41) is 0. The van der Waals surface area contributed by atoms with Gasteiger partial charge in [-0.3, -0.25) is 0 Å². The molecule has 0 aromatic rings. The lowest BCUT2D eigenvalue weighted by atomic mass is 9.88. The molecule has 2 atom stereocenters. The Morgan fingerprint density at radius 3 is 2.50 bits per heavy atom. The van der Waals surface area contributed by atoms with E-state index in [-0.39, 0.29) is 0 Å². The lowest BCUT2D eigenvalue weighted by molar-refractivity contribution is 0.455. The summed E-state index contributed by atoms with van der Waals surface area (Å²) >= 11 is 0. The van der Waals surface area contributed by atoms with Crippen LogP contribution in [-0.2, 0) is 0 Å². The van der Waals surface area contributed by atoms with Gasteiger partial charge in [-0.15, -0.1) is 6.42 Å². The monoisotopic (exact) mass is 81.1 g/mol. The van der Waals surface area contributed by atoms with Crippen LogP contribution in [0.3, 0.4) is 0 Å². The van der Waals surface area contributed by atoms with Crippen molar-refractivity contribution in [3.8, 4) is 0 Å². The highest BCUT2D eigenvalue weighted by Gasteiger charge is 2.34. The third kappa shape index (κ3) is 0.184. The Morgan fingerprint density at radius 2 is 2.50 bits per heavy atom. The molecule has 0 N–H and O–H groups in total. The van der Waals surface area contributed by atoms with Crippen LogP contribution in [0.2, 0.25) is 0 Å². The van der Waals surface area contributed by atoms with Crippen LogP contribution in [0, 0.1) is 17.8 Å². The molecule has 0 heterocycles. The maximum Gasteiger partial charge on any atom is -0.0897 e. The number of fused-ring (bicyclic) bond motifs is 1. The smallest absolute Gasteiger partial charge is 0.0897 e. The van der Waals surface area contributed by atoms with E-state index >= 15 is 0 Å². The zero-order chi connectivity index (χ0) is 4.15. The van der Waals surface area contributed by atoms with Crippen LogP contribution in [-0.4, -0.2) is 0 Å². The third-order valence-electron chi connectivity index (χ3n) is 2.12. The lowest BCUT2D eigenvalue weighted by Crippen LogP contribution is -2.08. The molecule has 0 aromatic heterocycles. The molecular weight excluding hydrogens is 72.1 g/mol. The highest BCUT2D eigenvalue weighted by molar-refractivity contribution is 5.25. The van der Waals surface area contributed by atoms with Crippen molar-refractivity contribution < 1.29 is 0 Å². The Balaban J connectivity index is 2.08. The van der Waals surface area contributed by atoms with Crippen molar-refractivity contribution in [1.29, 1.82) is 0 Å². The standard InChI is InChI=1S/C6H9/c1-4-2-5-3-6(4)5/h4-5H,2-3H2,1H3/q-1. The summed E-state index contributed by atoms with van der Waals surface area (Å²) in [6.07, 6.45) is 3.00. The predicted octanol–water partition coefficient (Wildman–Crippen LogP) is 1.62. The van der Waals surface area contributed by atoms with Crippen molar-refractivity contribution in [2.45, 2.75) is 19.8 Å². The van der Waals surface area contributed by atoms with Crippen molar-refractivity contribution in [3.05, 3.63) is 5.92 Å². The molecule has 34 valence electrons. The number of rotatable bonds is 0. The van der Waals surface area contributed by atoms with E-state index in [1.165, 1.54) is 12.8 Å². The van der Waals surface area contributed by atoms with Gasteiger partial charge >= 0.3 is 0 Å². The van der Waals surface area contributed by atoms with E-state index in [9.17, 15) is 0 Å². The molecule has 0 heteroatoms. The summed E-state index contributed by atoms with van der Waals surface area (Å²) in [7, 11) is 0. The summed E-state index contributed by atoms with van der Waals surface area (Å²) in [6, 6.07) is 0. The first-order valence-electron chi connectivity index (χ1n) is 2.73. The van der Waals surface area contributed by atoms with Gasteiger partial charge < -0.3 is 5.92 Å². The van der Waals surface area contributed by atoms with Crippen LogP contribution in [0.4, 0.5) is 0 Å². The summed E-state index contributed by atoms with van der Waals surface area (Å²) in [5.41, 5.74) is 0. The Hall–Kier alpha value is 0. The van der Waals surface area contributed by atoms with Crippen LogP contribution in [0.5, 0.6) is 0 Å². The molecule has 0 aliphatic heterocycles. The van der Waals surface area contributed by atoms with E-state index in [0.717, 1.165) is 11.8 Å². The minimum absolute atomic E-state index is 1.02. The van der Waals surface area contributed by atoms with Gasteiger partial charge in [0.1, 0.15) is 0 Å². The normalized spacial score (nSPS) is 53.5. The van der Waals surface area contributed by atoms with E-state index in [1.54, 1.807) is 0 Å². The minimum atomic E-state index is 1.02. The molecule has 2 aliphatic rings. The largest absolute Gasteiger partial charge is 0.313 e. The third-order valence-corrected chi connectivity index (χ3v) is 2.12. The van der Waals surface area contributed by atoms with E-state index < -0.39 is 0 Å². The zero-order valence-corrected chi connectivity index (χ0v) is 4.07. The van der Waals surface area contributed by atoms with Crippen molar-refractivity contribution >= 4 is 0 Å². The molecule has 2 rings (SSSR count). The molecule has 0 amide bonds. The molecule has 0 aromatic carbocycles. The molecular formula is C6H9-. The fourth-order valence-electron chi connectivity index (χ4n) is 1.48. The average Bonchev–Trinajstić information content (AvgIpc) is 2.12. The topological polar surface area (TPSA) is 0 Å². The van der Waals surface area contributed by atoms with Gasteiger partial charge in [-0.1, -0.05) is 6.92 Å². The van der Waals surface area contributed by atoms with E-state index in [4.69, 9.17) is 0 Å². The Kier molecular flexibility index (Phi) is 0.337. The second-order valence-electron chi connectivity index (χ2n) is 2.61. The summed E-state index contributed by atoms with van der Waals surface area (Å²) in [6.45, 7) is 2.33. The van der Waals surface area contributed by atoms with Crippen LogP contribution in [0.1, 0.15) is 19.8 Å². The quantitative estimate of drug-likeness (QED) is 0.389. The highest BCUT2D eigenvalue weighted by atomic mass is 14.6. The summed E-state index contributed by atoms with van der Waals surface area (Å²) in [5.74, 6) is 4.00.